The van der Waals surface area contributed by atoms with Gasteiger partial charge in [0.2, 0.25) is 0 Å². The Morgan fingerprint density at radius 2 is 2.20 bits per heavy atom. The fourth-order valence-electron chi connectivity index (χ4n) is 3.35. The van der Waals surface area contributed by atoms with Gasteiger partial charge in [0.25, 0.3) is 5.92 Å². The first-order chi connectivity index (χ1) is 11.9. The van der Waals surface area contributed by atoms with Gasteiger partial charge >= 0.3 is 0 Å². The van der Waals surface area contributed by atoms with Crippen LogP contribution < -0.4 is 10.1 Å². The number of hydrogen-bond donors (Lipinski definition) is 1. The average molecular weight is 366 g/mol. The number of ether oxygens (including phenoxy) is 1. The Morgan fingerprint density at radius 3 is 2.96 bits per heavy atom. The van der Waals surface area contributed by atoms with E-state index < -0.39 is 12.0 Å². The summed E-state index contributed by atoms with van der Waals surface area (Å²) in [5, 5.41) is 3.79. The first-order valence-electron chi connectivity index (χ1n) is 8.25. The van der Waals surface area contributed by atoms with Gasteiger partial charge in [-0.2, -0.15) is 0 Å². The second kappa shape index (κ2) is 6.21. The van der Waals surface area contributed by atoms with Gasteiger partial charge in [0, 0.05) is 22.5 Å². The zero-order valence-electron chi connectivity index (χ0n) is 14.1. The van der Waals surface area contributed by atoms with Crippen LogP contribution in [0.3, 0.4) is 0 Å². The maximum atomic E-state index is 14.0. The highest BCUT2D eigenvalue weighted by Crippen LogP contribution is 2.38. The summed E-state index contributed by atoms with van der Waals surface area (Å²) in [7, 11) is 0. The van der Waals surface area contributed by atoms with Crippen molar-refractivity contribution in [3.8, 4) is 5.75 Å². The lowest BCUT2D eigenvalue weighted by Crippen LogP contribution is -2.44. The molecule has 0 amide bonds. The van der Waals surface area contributed by atoms with Crippen LogP contribution in [0.1, 0.15) is 12.7 Å². The maximum Gasteiger partial charge on any atom is 0.281 e. The topological polar surface area (TPSA) is 37.6 Å². The summed E-state index contributed by atoms with van der Waals surface area (Å²) >= 11 is 1.57. The molecule has 1 unspecified atom stereocenters. The predicted molar refractivity (Wildman–Crippen MR) is 95.0 cm³/mol. The molecule has 0 saturated carbocycles. The van der Waals surface area contributed by atoms with E-state index in [4.69, 9.17) is 9.15 Å². The SMILES string of the molecule is CC1=C(COc2ccc3oc(C)cc3c2)SCN1C1CNCC1(F)F. The monoisotopic (exact) mass is 366 g/mol. The molecule has 4 nitrogen and oxygen atoms in total. The van der Waals surface area contributed by atoms with Gasteiger partial charge in [0.15, 0.2) is 0 Å². The third kappa shape index (κ3) is 3.11. The second-order valence-electron chi connectivity index (χ2n) is 6.50. The number of benzene rings is 1. The predicted octanol–water partition coefficient (Wildman–Crippen LogP) is 3.96. The van der Waals surface area contributed by atoms with Crippen molar-refractivity contribution in [1.29, 1.82) is 0 Å². The fourth-order valence-corrected chi connectivity index (χ4v) is 4.49. The number of nitrogens with one attached hydrogen (secondary N) is 1. The first-order valence-corrected chi connectivity index (χ1v) is 9.23. The Labute approximate surface area is 149 Å². The van der Waals surface area contributed by atoms with Crippen LogP contribution in [-0.2, 0) is 0 Å². The zero-order valence-corrected chi connectivity index (χ0v) is 15.0. The van der Waals surface area contributed by atoms with Crippen LogP contribution in [-0.4, -0.2) is 42.4 Å². The van der Waals surface area contributed by atoms with E-state index in [-0.39, 0.29) is 6.54 Å². The molecule has 7 heteroatoms. The number of furan rings is 1. The number of halogens is 2. The standard InChI is InChI=1S/C18H20F2N2O2S/c1-11-5-13-6-14(3-4-15(13)24-11)23-8-16-12(2)22(10-25-16)17-7-21-9-18(17,19)20/h3-6,17,21H,7-10H2,1-2H3. The van der Waals surface area contributed by atoms with E-state index in [1.165, 1.54) is 0 Å². The quantitative estimate of drug-likeness (QED) is 0.886. The molecule has 1 saturated heterocycles. The summed E-state index contributed by atoms with van der Waals surface area (Å²) in [6.07, 6.45) is 0. The molecule has 2 aliphatic rings. The van der Waals surface area contributed by atoms with E-state index >= 15 is 0 Å². The van der Waals surface area contributed by atoms with Crippen molar-refractivity contribution >= 4 is 22.7 Å². The number of fused-ring (bicyclic) bond motifs is 1. The lowest BCUT2D eigenvalue weighted by molar-refractivity contribution is -0.0331. The van der Waals surface area contributed by atoms with Crippen LogP contribution in [0.4, 0.5) is 8.78 Å². The lowest BCUT2D eigenvalue weighted by Gasteiger charge is -2.30. The highest BCUT2D eigenvalue weighted by atomic mass is 32.2. The lowest BCUT2D eigenvalue weighted by atomic mass is 10.1. The van der Waals surface area contributed by atoms with E-state index in [9.17, 15) is 8.78 Å². The van der Waals surface area contributed by atoms with Crippen LogP contribution in [0.2, 0.25) is 0 Å². The smallest absolute Gasteiger partial charge is 0.281 e. The number of hydrogen-bond acceptors (Lipinski definition) is 5. The van der Waals surface area contributed by atoms with E-state index in [2.05, 4.69) is 5.32 Å². The van der Waals surface area contributed by atoms with Gasteiger partial charge in [-0.1, -0.05) is 0 Å². The normalized spacial score (nSPS) is 23.0. The number of allylic oxidation sites excluding steroid dienone is 1. The molecule has 0 radical (unpaired) electrons. The van der Waals surface area contributed by atoms with Gasteiger partial charge in [-0.05, 0) is 38.1 Å². The Balaban J connectivity index is 1.46. The van der Waals surface area contributed by atoms with Crippen molar-refractivity contribution in [3.63, 3.8) is 0 Å². The minimum Gasteiger partial charge on any atom is -0.488 e. The molecule has 2 aromatic rings. The van der Waals surface area contributed by atoms with E-state index in [1.54, 1.807) is 16.7 Å². The van der Waals surface area contributed by atoms with Crippen molar-refractivity contribution < 1.29 is 17.9 Å². The van der Waals surface area contributed by atoms with Gasteiger partial charge < -0.3 is 19.4 Å². The molecule has 1 aromatic heterocycles. The number of nitrogens with zero attached hydrogens (tertiary/aromatic N) is 1. The third-order valence-corrected chi connectivity index (χ3v) is 5.92. The van der Waals surface area contributed by atoms with Crippen molar-refractivity contribution in [3.05, 3.63) is 40.6 Å². The Morgan fingerprint density at radius 1 is 1.36 bits per heavy atom. The minimum absolute atomic E-state index is 0.248. The summed E-state index contributed by atoms with van der Waals surface area (Å²) in [5.41, 5.74) is 1.72. The first kappa shape index (κ1) is 16.7. The molecule has 0 aliphatic carbocycles. The molecule has 1 atom stereocenters. The molecule has 2 aliphatic heterocycles. The van der Waals surface area contributed by atoms with E-state index in [0.29, 0.717) is 19.0 Å². The third-order valence-electron chi connectivity index (χ3n) is 4.76. The van der Waals surface area contributed by atoms with Crippen LogP contribution in [0.5, 0.6) is 5.75 Å². The number of alkyl halides is 2. The number of rotatable bonds is 4. The van der Waals surface area contributed by atoms with Crippen LogP contribution in [0, 0.1) is 6.92 Å². The van der Waals surface area contributed by atoms with Gasteiger partial charge in [0.05, 0.1) is 12.4 Å². The summed E-state index contributed by atoms with van der Waals surface area (Å²) in [6, 6.07) is 6.88. The fraction of sp³-hybridized carbons (Fsp3) is 0.444. The van der Waals surface area contributed by atoms with Crippen molar-refractivity contribution in [2.24, 2.45) is 0 Å². The molecule has 3 heterocycles. The van der Waals surface area contributed by atoms with Crippen LogP contribution in [0.15, 0.2) is 39.3 Å². The highest BCUT2D eigenvalue weighted by Gasteiger charge is 2.48. The maximum absolute atomic E-state index is 14.0. The average Bonchev–Trinajstić information content (AvgIpc) is 3.21. The largest absolute Gasteiger partial charge is 0.488 e. The summed E-state index contributed by atoms with van der Waals surface area (Å²) in [5.74, 6) is -0.534. The van der Waals surface area contributed by atoms with Crippen molar-refractivity contribution in [2.75, 3.05) is 25.6 Å². The minimum atomic E-state index is -2.69. The van der Waals surface area contributed by atoms with Gasteiger partial charge in [-0.3, -0.25) is 0 Å². The van der Waals surface area contributed by atoms with E-state index in [1.807, 2.05) is 38.1 Å². The number of thioether (sulfide) groups is 1. The van der Waals surface area contributed by atoms with Gasteiger partial charge in [-0.25, -0.2) is 8.78 Å². The van der Waals surface area contributed by atoms with Gasteiger partial charge in [0.1, 0.15) is 29.7 Å². The zero-order chi connectivity index (χ0) is 17.6. The Hall–Kier alpha value is -1.73. The molecule has 1 fully saturated rings. The molecule has 25 heavy (non-hydrogen) atoms. The molecule has 0 spiro atoms. The second-order valence-corrected chi connectivity index (χ2v) is 7.54. The highest BCUT2D eigenvalue weighted by molar-refractivity contribution is 8.03. The van der Waals surface area contributed by atoms with Crippen LogP contribution >= 0.6 is 11.8 Å². The Kier molecular flexibility index (Phi) is 4.16. The summed E-state index contributed by atoms with van der Waals surface area (Å²) in [4.78, 5) is 2.80. The molecular formula is C18H20F2N2O2S. The summed E-state index contributed by atoms with van der Waals surface area (Å²) in [6.45, 7) is 4.26. The number of aryl methyl sites for hydroxylation is 1. The molecule has 0 bridgehead atoms. The molecule has 1 aromatic carbocycles. The Bertz CT molecular complexity index is 834. The molecule has 4 rings (SSSR count). The van der Waals surface area contributed by atoms with Crippen molar-refractivity contribution in [1.82, 2.24) is 10.2 Å². The molecule has 134 valence electrons. The molecule has 1 N–H and O–H groups in total. The van der Waals surface area contributed by atoms with Crippen LogP contribution in [0.25, 0.3) is 11.0 Å². The molecular weight excluding hydrogens is 346 g/mol. The summed E-state index contributed by atoms with van der Waals surface area (Å²) < 4.78 is 39.4. The van der Waals surface area contributed by atoms with Crippen molar-refractivity contribution in [2.45, 2.75) is 25.8 Å². The van der Waals surface area contributed by atoms with Gasteiger partial charge in [-0.15, -0.1) is 11.8 Å². The van der Waals surface area contributed by atoms with E-state index in [0.717, 1.165) is 33.1 Å².